The minimum atomic E-state index is -0.400. The number of rotatable bonds is 7. The molecule has 4 aromatic rings. The number of nitrogens with zero attached hydrogens (tertiary/aromatic N) is 5. The van der Waals surface area contributed by atoms with E-state index in [1.54, 1.807) is 27.7 Å². The summed E-state index contributed by atoms with van der Waals surface area (Å²) in [5.74, 6) is 2.05. The Balaban J connectivity index is 1.79. The van der Waals surface area contributed by atoms with Crippen molar-refractivity contribution in [3.05, 3.63) is 42.9 Å². The van der Waals surface area contributed by atoms with Gasteiger partial charge in [0.2, 0.25) is 0 Å². The number of unbranched alkanes of at least 4 members (excludes halogenated alkanes) is 1. The van der Waals surface area contributed by atoms with Crippen LogP contribution in [0.15, 0.2) is 14.6 Å². The Hall–Kier alpha value is -2.46. The predicted octanol–water partition coefficient (Wildman–Crippen LogP) is 3.93. The zero-order valence-electron chi connectivity index (χ0n) is 18.4. The Morgan fingerprint density at radius 3 is 2.55 bits per heavy atom. The number of H-pyrrole nitrogens is 1. The van der Waals surface area contributed by atoms with Crippen molar-refractivity contribution in [2.75, 3.05) is 0 Å². The van der Waals surface area contributed by atoms with Gasteiger partial charge in [-0.15, -0.1) is 11.3 Å². The molecule has 0 aliphatic rings. The quantitative estimate of drug-likeness (QED) is 0.333. The molecule has 0 saturated heterocycles. The van der Waals surface area contributed by atoms with Gasteiger partial charge in [0.15, 0.2) is 11.2 Å². The van der Waals surface area contributed by atoms with Crippen LogP contribution in [0.3, 0.4) is 0 Å². The maximum atomic E-state index is 12.6. The highest BCUT2D eigenvalue weighted by Gasteiger charge is 2.19. The zero-order valence-corrected chi connectivity index (χ0v) is 20.0. The molecule has 4 rings (SSSR count). The topological polar surface area (TPSA) is 98.5 Å². The number of hydrogen-bond donors (Lipinski definition) is 1. The first kappa shape index (κ1) is 21.8. The van der Waals surface area contributed by atoms with Crippen molar-refractivity contribution in [1.29, 1.82) is 0 Å². The maximum Gasteiger partial charge on any atom is 0.330 e. The van der Waals surface area contributed by atoms with Crippen molar-refractivity contribution in [3.63, 3.8) is 0 Å². The van der Waals surface area contributed by atoms with E-state index in [-0.39, 0.29) is 5.56 Å². The van der Waals surface area contributed by atoms with E-state index in [2.05, 4.69) is 35.7 Å². The van der Waals surface area contributed by atoms with Crippen molar-refractivity contribution in [1.82, 2.24) is 29.1 Å². The Bertz CT molecular complexity index is 1400. The molecule has 4 heterocycles. The van der Waals surface area contributed by atoms with Gasteiger partial charge in [-0.05, 0) is 39.7 Å². The van der Waals surface area contributed by atoms with E-state index in [1.165, 1.54) is 10.4 Å². The molecule has 0 spiro atoms. The number of thiophene rings is 1. The molecule has 31 heavy (non-hydrogen) atoms. The van der Waals surface area contributed by atoms with Crippen molar-refractivity contribution < 1.29 is 0 Å². The summed E-state index contributed by atoms with van der Waals surface area (Å²) in [5.41, 5.74) is 1.34. The Labute approximate surface area is 187 Å². The summed E-state index contributed by atoms with van der Waals surface area (Å²) in [4.78, 5) is 43.7. The lowest BCUT2D eigenvalue weighted by atomic mass is 10.2. The number of hydrogen-bond acceptors (Lipinski definition) is 7. The second kappa shape index (κ2) is 8.58. The molecule has 0 radical (unpaired) electrons. The standard InChI is InChI=1S/C21H26N6O2S2/c1-6-8-9-27-17-16(18(28)25-21(27)29)26(7-2)14(24-17)10-30-19-15-11(3)12(4)31-20(15)23-13(5)22-19/h6-10H2,1-5H3,(H,25,28,29). The highest BCUT2D eigenvalue weighted by Crippen LogP contribution is 2.36. The van der Waals surface area contributed by atoms with Gasteiger partial charge < -0.3 is 4.57 Å². The van der Waals surface area contributed by atoms with Crippen LogP contribution in [0, 0.1) is 20.8 Å². The third-order valence-corrected chi connectivity index (χ3v) is 7.53. The molecule has 0 unspecified atom stereocenters. The molecule has 0 aromatic carbocycles. The van der Waals surface area contributed by atoms with Crippen LogP contribution in [0.2, 0.25) is 0 Å². The van der Waals surface area contributed by atoms with E-state index >= 15 is 0 Å². The molecule has 0 atom stereocenters. The second-order valence-corrected chi connectivity index (χ2v) is 9.70. The van der Waals surface area contributed by atoms with Crippen molar-refractivity contribution in [2.45, 2.75) is 71.3 Å². The summed E-state index contributed by atoms with van der Waals surface area (Å²) in [6.07, 6.45) is 1.80. The third kappa shape index (κ3) is 3.82. The van der Waals surface area contributed by atoms with Gasteiger partial charge in [0, 0.05) is 23.4 Å². The van der Waals surface area contributed by atoms with Crippen molar-refractivity contribution in [3.8, 4) is 0 Å². The number of thioether (sulfide) groups is 1. The molecule has 0 saturated carbocycles. The fraction of sp³-hybridized carbons (Fsp3) is 0.476. The summed E-state index contributed by atoms with van der Waals surface area (Å²) in [7, 11) is 0. The van der Waals surface area contributed by atoms with E-state index in [1.807, 2.05) is 18.4 Å². The molecule has 0 amide bonds. The largest absolute Gasteiger partial charge is 0.330 e. The molecule has 164 valence electrons. The molecule has 10 heteroatoms. The lowest BCUT2D eigenvalue weighted by molar-refractivity contribution is 0.613. The number of imidazole rings is 1. The van der Waals surface area contributed by atoms with Gasteiger partial charge in [0.1, 0.15) is 21.5 Å². The van der Waals surface area contributed by atoms with Gasteiger partial charge in [-0.25, -0.2) is 19.7 Å². The average Bonchev–Trinajstić information content (AvgIpc) is 3.23. The molecule has 0 aliphatic carbocycles. The average molecular weight is 459 g/mol. The van der Waals surface area contributed by atoms with Crippen LogP contribution in [-0.2, 0) is 18.8 Å². The van der Waals surface area contributed by atoms with Crippen LogP contribution in [0.4, 0.5) is 0 Å². The molecule has 8 nitrogen and oxygen atoms in total. The smallest absolute Gasteiger partial charge is 0.322 e. The normalized spacial score (nSPS) is 11.8. The number of fused-ring (bicyclic) bond motifs is 2. The molecule has 0 aliphatic heterocycles. The summed E-state index contributed by atoms with van der Waals surface area (Å²) >= 11 is 3.28. The Morgan fingerprint density at radius 1 is 1.06 bits per heavy atom. The Morgan fingerprint density at radius 2 is 1.84 bits per heavy atom. The first-order chi connectivity index (χ1) is 14.8. The molecular weight excluding hydrogens is 432 g/mol. The van der Waals surface area contributed by atoms with Crippen LogP contribution in [0.5, 0.6) is 0 Å². The highest BCUT2D eigenvalue weighted by atomic mass is 32.2. The summed E-state index contributed by atoms with van der Waals surface area (Å²) in [6.45, 7) is 11.3. The van der Waals surface area contributed by atoms with Crippen molar-refractivity contribution in [2.24, 2.45) is 0 Å². The minimum absolute atomic E-state index is 0.386. The number of aromatic amines is 1. The van der Waals surface area contributed by atoms with Crippen LogP contribution in [0.25, 0.3) is 21.4 Å². The molecule has 4 aromatic heterocycles. The predicted molar refractivity (Wildman–Crippen MR) is 126 cm³/mol. The summed E-state index contributed by atoms with van der Waals surface area (Å²) < 4.78 is 3.49. The SMILES string of the molecule is CCCCn1c(=O)[nH]c(=O)c2c1nc(CSc1nc(C)nc3sc(C)c(C)c13)n2CC. The third-order valence-electron chi connectivity index (χ3n) is 5.46. The zero-order chi connectivity index (χ0) is 22.3. The fourth-order valence-electron chi connectivity index (χ4n) is 3.74. The number of aromatic nitrogens is 6. The minimum Gasteiger partial charge on any atom is -0.322 e. The lowest BCUT2D eigenvalue weighted by Crippen LogP contribution is -2.31. The van der Waals surface area contributed by atoms with Gasteiger partial charge in [0.25, 0.3) is 5.56 Å². The molecule has 0 fully saturated rings. The first-order valence-electron chi connectivity index (χ1n) is 10.4. The summed E-state index contributed by atoms with van der Waals surface area (Å²) in [6, 6.07) is 0. The van der Waals surface area contributed by atoms with Crippen LogP contribution in [0.1, 0.15) is 48.8 Å². The van der Waals surface area contributed by atoms with E-state index in [9.17, 15) is 9.59 Å². The second-order valence-electron chi connectivity index (χ2n) is 7.54. The first-order valence-corrected chi connectivity index (χ1v) is 12.2. The highest BCUT2D eigenvalue weighted by molar-refractivity contribution is 7.98. The van der Waals surface area contributed by atoms with Gasteiger partial charge in [-0.3, -0.25) is 14.3 Å². The van der Waals surface area contributed by atoms with Gasteiger partial charge in [-0.2, -0.15) is 0 Å². The van der Waals surface area contributed by atoms with Crippen LogP contribution >= 0.6 is 23.1 Å². The Kier molecular flexibility index (Phi) is 6.02. The number of aryl methyl sites for hydroxylation is 5. The number of nitrogens with one attached hydrogen (secondary N) is 1. The fourth-order valence-corrected chi connectivity index (χ4v) is 5.96. The molecule has 0 bridgehead atoms. The van der Waals surface area contributed by atoms with Crippen LogP contribution in [-0.4, -0.2) is 29.1 Å². The monoisotopic (exact) mass is 458 g/mol. The molecule has 1 N–H and O–H groups in total. The van der Waals surface area contributed by atoms with E-state index < -0.39 is 5.69 Å². The van der Waals surface area contributed by atoms with Crippen molar-refractivity contribution >= 4 is 44.5 Å². The van der Waals surface area contributed by atoms with Crippen LogP contribution < -0.4 is 11.2 Å². The maximum absolute atomic E-state index is 12.6. The van der Waals surface area contributed by atoms with E-state index in [4.69, 9.17) is 4.98 Å². The lowest BCUT2D eigenvalue weighted by Gasteiger charge is -2.07. The van der Waals surface area contributed by atoms with E-state index in [0.29, 0.717) is 30.0 Å². The van der Waals surface area contributed by atoms with Gasteiger partial charge in [-0.1, -0.05) is 25.1 Å². The van der Waals surface area contributed by atoms with Gasteiger partial charge in [0.05, 0.1) is 5.75 Å². The summed E-state index contributed by atoms with van der Waals surface area (Å²) in [5, 5.41) is 2.02. The molecular formula is C21H26N6O2S2. The van der Waals surface area contributed by atoms with E-state index in [0.717, 1.165) is 39.7 Å². The van der Waals surface area contributed by atoms with Gasteiger partial charge >= 0.3 is 5.69 Å².